The highest BCUT2D eigenvalue weighted by molar-refractivity contribution is 5.83. The molecule has 1 rings (SSSR count). The van der Waals surface area contributed by atoms with E-state index in [2.05, 4.69) is 5.32 Å². The lowest BCUT2D eigenvalue weighted by Gasteiger charge is -2.25. The van der Waals surface area contributed by atoms with Crippen molar-refractivity contribution >= 4 is 5.91 Å². The Morgan fingerprint density at radius 2 is 2.05 bits per heavy atom. The van der Waals surface area contributed by atoms with Crippen molar-refractivity contribution in [3.05, 3.63) is 35.9 Å². The molecule has 0 aliphatic heterocycles. The Morgan fingerprint density at radius 3 is 2.53 bits per heavy atom. The van der Waals surface area contributed by atoms with Crippen LogP contribution >= 0.6 is 0 Å². The molecule has 2 unspecified atom stereocenters. The Kier molecular flexibility index (Phi) is 5.49. The molecule has 5 heteroatoms. The van der Waals surface area contributed by atoms with Crippen molar-refractivity contribution in [1.82, 2.24) is 5.32 Å². The SMILES string of the molecule is COCC(C)(C#N)NC(=O)C(OC)c1ccccc1. The second-order valence-electron chi connectivity index (χ2n) is 4.39. The Bertz CT molecular complexity index is 456. The highest BCUT2D eigenvalue weighted by Gasteiger charge is 2.30. The van der Waals surface area contributed by atoms with Gasteiger partial charge in [0.25, 0.3) is 5.91 Å². The number of ether oxygens (including phenoxy) is 2. The number of amides is 1. The van der Waals surface area contributed by atoms with Crippen LogP contribution in [0.4, 0.5) is 0 Å². The van der Waals surface area contributed by atoms with Gasteiger partial charge in [0.1, 0.15) is 5.54 Å². The molecule has 1 aromatic rings. The summed E-state index contributed by atoms with van der Waals surface area (Å²) in [6.07, 6.45) is -0.745. The quantitative estimate of drug-likeness (QED) is 0.841. The maximum atomic E-state index is 12.2. The summed E-state index contributed by atoms with van der Waals surface area (Å²) >= 11 is 0. The van der Waals surface area contributed by atoms with Crippen LogP contribution in [0.25, 0.3) is 0 Å². The van der Waals surface area contributed by atoms with Crippen molar-refractivity contribution < 1.29 is 14.3 Å². The number of hydrogen-bond donors (Lipinski definition) is 1. The fraction of sp³-hybridized carbons (Fsp3) is 0.429. The Balaban J connectivity index is 2.84. The molecule has 0 bridgehead atoms. The number of nitrogens with one attached hydrogen (secondary N) is 1. The molecule has 0 radical (unpaired) electrons. The van der Waals surface area contributed by atoms with Gasteiger partial charge in [-0.3, -0.25) is 4.79 Å². The Hall–Kier alpha value is -1.90. The van der Waals surface area contributed by atoms with E-state index in [1.54, 1.807) is 19.1 Å². The minimum absolute atomic E-state index is 0.112. The van der Waals surface area contributed by atoms with E-state index >= 15 is 0 Å². The summed E-state index contributed by atoms with van der Waals surface area (Å²) < 4.78 is 10.1. The molecule has 19 heavy (non-hydrogen) atoms. The molecule has 102 valence electrons. The molecule has 1 N–H and O–H groups in total. The molecule has 0 aliphatic carbocycles. The summed E-state index contributed by atoms with van der Waals surface area (Å²) in [5.74, 6) is -0.366. The van der Waals surface area contributed by atoms with E-state index in [-0.39, 0.29) is 12.5 Å². The number of methoxy groups -OCH3 is 2. The van der Waals surface area contributed by atoms with Crippen molar-refractivity contribution in [3.63, 3.8) is 0 Å². The first-order valence-electron chi connectivity index (χ1n) is 5.86. The second kappa shape index (κ2) is 6.88. The minimum Gasteiger partial charge on any atom is -0.381 e. The maximum Gasteiger partial charge on any atom is 0.255 e. The Morgan fingerprint density at radius 1 is 1.42 bits per heavy atom. The summed E-state index contributed by atoms with van der Waals surface area (Å²) in [6, 6.07) is 11.1. The third-order valence-corrected chi connectivity index (χ3v) is 2.66. The maximum absolute atomic E-state index is 12.2. The van der Waals surface area contributed by atoms with Gasteiger partial charge in [0.15, 0.2) is 6.10 Å². The zero-order valence-electron chi connectivity index (χ0n) is 11.3. The van der Waals surface area contributed by atoms with Crippen molar-refractivity contribution in [2.24, 2.45) is 0 Å². The molecule has 0 spiro atoms. The number of hydrogen-bond acceptors (Lipinski definition) is 4. The number of benzene rings is 1. The average Bonchev–Trinajstić information content (AvgIpc) is 2.41. The monoisotopic (exact) mass is 262 g/mol. The largest absolute Gasteiger partial charge is 0.381 e. The van der Waals surface area contributed by atoms with Crippen molar-refractivity contribution in [1.29, 1.82) is 5.26 Å². The molecule has 0 fully saturated rings. The van der Waals surface area contributed by atoms with Crippen LogP contribution in [0.1, 0.15) is 18.6 Å². The first kappa shape index (κ1) is 15.2. The van der Waals surface area contributed by atoms with E-state index in [9.17, 15) is 4.79 Å². The normalized spacial score (nSPS) is 15.1. The number of carbonyl (C=O) groups excluding carboxylic acids is 1. The zero-order valence-corrected chi connectivity index (χ0v) is 11.3. The number of nitrogens with zero attached hydrogens (tertiary/aromatic N) is 1. The van der Waals surface area contributed by atoms with Crippen LogP contribution in [-0.4, -0.2) is 32.3 Å². The lowest BCUT2D eigenvalue weighted by Crippen LogP contribution is -2.50. The van der Waals surface area contributed by atoms with Gasteiger partial charge in [-0.2, -0.15) is 5.26 Å². The number of carbonyl (C=O) groups is 1. The standard InChI is InChI=1S/C14H18N2O3/c1-14(9-15,10-18-2)16-13(17)12(19-3)11-7-5-4-6-8-11/h4-8,12H,10H2,1-3H3,(H,16,17). The summed E-state index contributed by atoms with van der Waals surface area (Å²) in [4.78, 5) is 12.2. The zero-order chi connectivity index (χ0) is 14.3. The molecule has 1 aromatic carbocycles. The van der Waals surface area contributed by atoms with E-state index in [1.807, 2.05) is 24.3 Å². The highest BCUT2D eigenvalue weighted by Crippen LogP contribution is 2.17. The smallest absolute Gasteiger partial charge is 0.255 e. The van der Waals surface area contributed by atoms with Gasteiger partial charge in [0.05, 0.1) is 12.7 Å². The van der Waals surface area contributed by atoms with Gasteiger partial charge in [-0.1, -0.05) is 30.3 Å². The molecule has 0 saturated carbocycles. The van der Waals surface area contributed by atoms with Crippen molar-refractivity contribution in [2.45, 2.75) is 18.6 Å². The third-order valence-electron chi connectivity index (χ3n) is 2.66. The Labute approximate surface area is 113 Å². The molecule has 0 heterocycles. The van der Waals surface area contributed by atoms with Crippen LogP contribution in [0.15, 0.2) is 30.3 Å². The van der Waals surface area contributed by atoms with E-state index in [0.29, 0.717) is 0 Å². The predicted molar refractivity (Wildman–Crippen MR) is 70.2 cm³/mol. The molecule has 0 saturated heterocycles. The fourth-order valence-corrected chi connectivity index (χ4v) is 1.74. The van der Waals surface area contributed by atoms with Gasteiger partial charge in [0.2, 0.25) is 0 Å². The molecule has 0 aromatic heterocycles. The van der Waals surface area contributed by atoms with Gasteiger partial charge in [-0.15, -0.1) is 0 Å². The van der Waals surface area contributed by atoms with Gasteiger partial charge < -0.3 is 14.8 Å². The molecule has 1 amide bonds. The van der Waals surface area contributed by atoms with Crippen molar-refractivity contribution in [3.8, 4) is 6.07 Å². The van der Waals surface area contributed by atoms with E-state index in [4.69, 9.17) is 14.7 Å². The van der Waals surface area contributed by atoms with Crippen LogP contribution in [-0.2, 0) is 14.3 Å². The van der Waals surface area contributed by atoms with Gasteiger partial charge in [0, 0.05) is 14.2 Å². The third kappa shape index (κ3) is 4.05. The van der Waals surface area contributed by atoms with Crippen molar-refractivity contribution in [2.75, 3.05) is 20.8 Å². The minimum atomic E-state index is -1.07. The fourth-order valence-electron chi connectivity index (χ4n) is 1.74. The number of nitriles is 1. The lowest BCUT2D eigenvalue weighted by molar-refractivity contribution is -0.133. The predicted octanol–water partition coefficient (Wildman–Crippen LogP) is 1.42. The van der Waals surface area contributed by atoms with Crippen LogP contribution < -0.4 is 5.32 Å². The molecule has 5 nitrogen and oxygen atoms in total. The van der Waals surface area contributed by atoms with Crippen LogP contribution in [0.3, 0.4) is 0 Å². The molecular formula is C14H18N2O3. The summed E-state index contributed by atoms with van der Waals surface area (Å²) in [7, 11) is 2.93. The second-order valence-corrected chi connectivity index (χ2v) is 4.39. The summed E-state index contributed by atoms with van der Waals surface area (Å²) in [6.45, 7) is 1.71. The molecule has 2 atom stereocenters. The van der Waals surface area contributed by atoms with Gasteiger partial charge in [-0.25, -0.2) is 0 Å². The van der Waals surface area contributed by atoms with Crippen LogP contribution in [0, 0.1) is 11.3 Å². The van der Waals surface area contributed by atoms with E-state index in [1.165, 1.54) is 14.2 Å². The van der Waals surface area contributed by atoms with Gasteiger partial charge in [-0.05, 0) is 12.5 Å². The summed E-state index contributed by atoms with van der Waals surface area (Å²) in [5.41, 5.74) is -0.336. The average molecular weight is 262 g/mol. The lowest BCUT2D eigenvalue weighted by atomic mass is 10.0. The van der Waals surface area contributed by atoms with Gasteiger partial charge >= 0.3 is 0 Å². The molecular weight excluding hydrogens is 244 g/mol. The summed E-state index contributed by atoms with van der Waals surface area (Å²) in [5, 5.41) is 11.7. The molecule has 0 aliphatic rings. The first-order chi connectivity index (χ1) is 9.06. The topological polar surface area (TPSA) is 71.3 Å². The highest BCUT2D eigenvalue weighted by atomic mass is 16.5. The number of rotatable bonds is 6. The van der Waals surface area contributed by atoms with Crippen LogP contribution in [0.2, 0.25) is 0 Å². The van der Waals surface area contributed by atoms with Crippen LogP contribution in [0.5, 0.6) is 0 Å². The van der Waals surface area contributed by atoms with E-state index in [0.717, 1.165) is 5.56 Å². The first-order valence-corrected chi connectivity index (χ1v) is 5.86. The van der Waals surface area contributed by atoms with E-state index < -0.39 is 11.6 Å².